The molecule has 1 aliphatic heterocycles. The molecule has 0 aromatic carbocycles. The van der Waals surface area contributed by atoms with Crippen molar-refractivity contribution in [3.05, 3.63) is 0 Å². The van der Waals surface area contributed by atoms with Crippen LogP contribution < -0.4 is 0 Å². The van der Waals surface area contributed by atoms with Gasteiger partial charge in [0.1, 0.15) is 5.60 Å². The highest BCUT2D eigenvalue weighted by Crippen LogP contribution is 2.54. The molecule has 1 aliphatic carbocycles. The lowest BCUT2D eigenvalue weighted by atomic mass is 9.56. The van der Waals surface area contributed by atoms with E-state index in [9.17, 15) is 9.90 Å². The molecule has 1 spiro atoms. The number of carbonyl (C=O) groups excluding carboxylic acids is 1. The van der Waals surface area contributed by atoms with Gasteiger partial charge in [0.15, 0.2) is 0 Å². The van der Waals surface area contributed by atoms with Crippen LogP contribution in [0.4, 0.5) is 4.79 Å². The zero-order chi connectivity index (χ0) is 13.8. The Hall–Kier alpha value is -0.770. The normalized spacial score (nSPS) is 26.6. The predicted molar refractivity (Wildman–Crippen MR) is 69.3 cm³/mol. The van der Waals surface area contributed by atoms with Gasteiger partial charge in [0.05, 0.1) is 11.1 Å². The topological polar surface area (TPSA) is 49.8 Å². The number of hydrogen-bond donors (Lipinski definition) is 1. The predicted octanol–water partition coefficient (Wildman–Crippen LogP) is 2.55. The molecule has 2 aliphatic rings. The molecule has 4 nitrogen and oxygen atoms in total. The maximum Gasteiger partial charge on any atom is 0.410 e. The number of hydrogen-bond acceptors (Lipinski definition) is 3. The zero-order valence-electron chi connectivity index (χ0n) is 12.1. The van der Waals surface area contributed by atoms with E-state index in [0.717, 1.165) is 19.3 Å². The van der Waals surface area contributed by atoms with E-state index < -0.39 is 11.2 Å². The molecule has 1 heterocycles. The third-order valence-corrected chi connectivity index (χ3v) is 4.24. The van der Waals surface area contributed by atoms with Gasteiger partial charge in [0, 0.05) is 12.5 Å². The highest BCUT2D eigenvalue weighted by atomic mass is 16.6. The monoisotopic (exact) mass is 255 g/mol. The van der Waals surface area contributed by atoms with E-state index in [2.05, 4.69) is 0 Å². The van der Waals surface area contributed by atoms with Crippen molar-refractivity contribution < 1.29 is 14.6 Å². The number of carbonyl (C=O) groups is 1. The molecular weight excluding hydrogens is 230 g/mol. The molecule has 4 heteroatoms. The van der Waals surface area contributed by atoms with Crippen molar-refractivity contribution in [3.63, 3.8) is 0 Å². The molecule has 0 aromatic rings. The Morgan fingerprint density at radius 1 is 1.28 bits per heavy atom. The van der Waals surface area contributed by atoms with Crippen molar-refractivity contribution in [3.8, 4) is 0 Å². The van der Waals surface area contributed by atoms with Crippen LogP contribution in [0.1, 0.15) is 53.9 Å². The van der Waals surface area contributed by atoms with E-state index in [1.807, 2.05) is 39.5 Å². The SMILES string of the molecule is CC(C)(C)OC(=O)N1CC(C(C)(C)O)C12CCC2. The first-order valence-electron chi connectivity index (χ1n) is 6.79. The second-order valence-corrected chi connectivity index (χ2v) is 7.25. The minimum Gasteiger partial charge on any atom is -0.444 e. The summed E-state index contributed by atoms with van der Waals surface area (Å²) < 4.78 is 5.44. The lowest BCUT2D eigenvalue weighted by Crippen LogP contribution is -2.76. The smallest absolute Gasteiger partial charge is 0.410 e. The number of nitrogens with zero attached hydrogens (tertiary/aromatic N) is 1. The second-order valence-electron chi connectivity index (χ2n) is 7.25. The lowest BCUT2D eigenvalue weighted by Gasteiger charge is -2.66. The second kappa shape index (κ2) is 3.86. The minimum atomic E-state index is -0.723. The molecule has 1 atom stereocenters. The summed E-state index contributed by atoms with van der Waals surface area (Å²) in [5.41, 5.74) is -1.32. The summed E-state index contributed by atoms with van der Waals surface area (Å²) in [7, 11) is 0. The highest BCUT2D eigenvalue weighted by Gasteiger charge is 2.63. The van der Waals surface area contributed by atoms with Gasteiger partial charge in [-0.2, -0.15) is 0 Å². The number of likely N-dealkylation sites (tertiary alicyclic amines) is 1. The van der Waals surface area contributed by atoms with Crippen molar-refractivity contribution in [1.82, 2.24) is 4.90 Å². The molecule has 18 heavy (non-hydrogen) atoms. The van der Waals surface area contributed by atoms with Crippen molar-refractivity contribution in [2.75, 3.05) is 6.54 Å². The van der Waals surface area contributed by atoms with Crippen molar-refractivity contribution in [2.45, 2.75) is 70.6 Å². The average molecular weight is 255 g/mol. The summed E-state index contributed by atoms with van der Waals surface area (Å²) in [6.07, 6.45) is 2.87. The van der Waals surface area contributed by atoms with E-state index >= 15 is 0 Å². The first-order chi connectivity index (χ1) is 8.06. The van der Waals surface area contributed by atoms with Crippen LogP contribution in [0.15, 0.2) is 0 Å². The Morgan fingerprint density at radius 2 is 1.83 bits per heavy atom. The Morgan fingerprint density at radius 3 is 2.17 bits per heavy atom. The average Bonchev–Trinajstić information content (AvgIpc) is 1.90. The molecule has 1 unspecified atom stereocenters. The van der Waals surface area contributed by atoms with Crippen LogP contribution in [-0.2, 0) is 4.74 Å². The first kappa shape index (κ1) is 13.7. The molecule has 1 N–H and O–H groups in total. The van der Waals surface area contributed by atoms with Crippen LogP contribution >= 0.6 is 0 Å². The zero-order valence-corrected chi connectivity index (χ0v) is 12.1. The third-order valence-electron chi connectivity index (χ3n) is 4.24. The maximum absolute atomic E-state index is 12.1. The van der Waals surface area contributed by atoms with Crippen LogP contribution in [0.3, 0.4) is 0 Å². The molecule has 1 amide bonds. The van der Waals surface area contributed by atoms with Gasteiger partial charge >= 0.3 is 6.09 Å². The molecule has 2 fully saturated rings. The number of rotatable bonds is 1. The molecule has 104 valence electrons. The fourth-order valence-electron chi connectivity index (χ4n) is 3.22. The summed E-state index contributed by atoms with van der Waals surface area (Å²) in [5, 5.41) is 10.2. The largest absolute Gasteiger partial charge is 0.444 e. The molecule has 2 rings (SSSR count). The molecule has 0 radical (unpaired) electrons. The maximum atomic E-state index is 12.1. The van der Waals surface area contributed by atoms with Gasteiger partial charge in [-0.05, 0) is 53.9 Å². The minimum absolute atomic E-state index is 0.138. The number of ether oxygens (including phenoxy) is 1. The highest BCUT2D eigenvalue weighted by molar-refractivity contribution is 5.71. The van der Waals surface area contributed by atoms with E-state index in [4.69, 9.17) is 4.74 Å². The van der Waals surface area contributed by atoms with Gasteiger partial charge in [0.2, 0.25) is 0 Å². The molecule has 1 saturated heterocycles. The van der Waals surface area contributed by atoms with Crippen molar-refractivity contribution in [2.24, 2.45) is 5.92 Å². The summed E-state index contributed by atoms with van der Waals surface area (Å²) in [6, 6.07) is 0. The van der Waals surface area contributed by atoms with Crippen LogP contribution in [0.25, 0.3) is 0 Å². The number of amides is 1. The van der Waals surface area contributed by atoms with E-state index in [1.54, 1.807) is 0 Å². The summed E-state index contributed by atoms with van der Waals surface area (Å²) in [5.74, 6) is 0.172. The van der Waals surface area contributed by atoms with Crippen LogP contribution in [0.5, 0.6) is 0 Å². The standard InChI is InChI=1S/C14H25NO3/c1-12(2,3)18-11(16)15-9-10(13(4,5)17)14(15)7-6-8-14/h10,17H,6-9H2,1-5H3. The quantitative estimate of drug-likeness (QED) is 0.783. The Bertz CT molecular complexity index is 347. The van der Waals surface area contributed by atoms with Gasteiger partial charge in [-0.15, -0.1) is 0 Å². The number of aliphatic hydroxyl groups is 1. The third kappa shape index (κ3) is 2.11. The Balaban J connectivity index is 2.07. The van der Waals surface area contributed by atoms with Gasteiger partial charge in [-0.25, -0.2) is 4.79 Å². The summed E-state index contributed by atoms with van der Waals surface area (Å²) >= 11 is 0. The molecular formula is C14H25NO3. The van der Waals surface area contributed by atoms with Crippen LogP contribution in [-0.4, -0.2) is 39.4 Å². The summed E-state index contributed by atoms with van der Waals surface area (Å²) in [4.78, 5) is 14.0. The van der Waals surface area contributed by atoms with Crippen LogP contribution in [0, 0.1) is 5.92 Å². The van der Waals surface area contributed by atoms with E-state index in [1.165, 1.54) is 0 Å². The first-order valence-corrected chi connectivity index (χ1v) is 6.79. The van der Waals surface area contributed by atoms with Gasteiger partial charge in [-0.1, -0.05) is 0 Å². The van der Waals surface area contributed by atoms with Gasteiger partial charge < -0.3 is 14.7 Å². The fourth-order valence-corrected chi connectivity index (χ4v) is 3.22. The fraction of sp³-hybridized carbons (Fsp3) is 0.929. The van der Waals surface area contributed by atoms with E-state index in [-0.39, 0.29) is 17.6 Å². The van der Waals surface area contributed by atoms with E-state index in [0.29, 0.717) is 6.54 Å². The lowest BCUT2D eigenvalue weighted by molar-refractivity contribution is -0.188. The summed E-state index contributed by atoms with van der Waals surface area (Å²) in [6.45, 7) is 9.93. The Labute approximate surface area is 109 Å². The molecule has 1 saturated carbocycles. The van der Waals surface area contributed by atoms with Crippen LogP contribution in [0.2, 0.25) is 0 Å². The van der Waals surface area contributed by atoms with Gasteiger partial charge in [0.25, 0.3) is 0 Å². The molecule has 0 aromatic heterocycles. The van der Waals surface area contributed by atoms with Gasteiger partial charge in [-0.3, -0.25) is 0 Å². The van der Waals surface area contributed by atoms with Crippen molar-refractivity contribution >= 4 is 6.09 Å². The molecule has 0 bridgehead atoms. The van der Waals surface area contributed by atoms with Crippen molar-refractivity contribution in [1.29, 1.82) is 0 Å². The Kier molecular flexibility index (Phi) is 2.93.